The average Bonchev–Trinajstić information content (AvgIpc) is 3.03. The number of hydrogen-bond donors (Lipinski definition) is 0. The fourth-order valence-corrected chi connectivity index (χ4v) is 3.11. The number of ketones is 1. The Kier molecular flexibility index (Phi) is 5.50. The molecule has 1 heterocycles. The highest BCUT2D eigenvalue weighted by atomic mass is 35.5. The van der Waals surface area contributed by atoms with E-state index in [4.69, 9.17) is 23.2 Å². The van der Waals surface area contributed by atoms with E-state index >= 15 is 0 Å². The van der Waals surface area contributed by atoms with Gasteiger partial charge >= 0.3 is 0 Å². The number of thioether (sulfide) groups is 1. The number of rotatable bonds is 6. The third-order valence-corrected chi connectivity index (χ3v) is 4.94. The zero-order chi connectivity index (χ0) is 16.9. The second-order valence-corrected chi connectivity index (χ2v) is 6.70. The van der Waals surface area contributed by atoms with E-state index < -0.39 is 0 Å². The number of tetrazole rings is 1. The summed E-state index contributed by atoms with van der Waals surface area (Å²) in [6.07, 6.45) is 0. The topological polar surface area (TPSA) is 60.7 Å². The largest absolute Gasteiger partial charge is 0.293 e. The van der Waals surface area contributed by atoms with E-state index in [1.807, 2.05) is 30.3 Å². The Morgan fingerprint density at radius 2 is 1.88 bits per heavy atom. The van der Waals surface area contributed by atoms with Crippen LogP contribution < -0.4 is 0 Å². The van der Waals surface area contributed by atoms with Crippen LogP contribution in [0.5, 0.6) is 0 Å². The highest BCUT2D eigenvalue weighted by Gasteiger charge is 2.13. The molecular weight excluding hydrogens is 367 g/mol. The molecule has 5 nitrogen and oxygen atoms in total. The van der Waals surface area contributed by atoms with Gasteiger partial charge in [0.15, 0.2) is 5.78 Å². The summed E-state index contributed by atoms with van der Waals surface area (Å²) >= 11 is 13.1. The van der Waals surface area contributed by atoms with Crippen molar-refractivity contribution in [2.45, 2.75) is 11.7 Å². The summed E-state index contributed by atoms with van der Waals surface area (Å²) < 4.78 is 1.67. The quantitative estimate of drug-likeness (QED) is 0.479. The van der Waals surface area contributed by atoms with Crippen LogP contribution >= 0.6 is 35.0 Å². The lowest BCUT2D eigenvalue weighted by Gasteiger charge is -2.05. The van der Waals surface area contributed by atoms with Gasteiger partial charge in [0.25, 0.3) is 0 Å². The van der Waals surface area contributed by atoms with E-state index in [9.17, 15) is 4.79 Å². The first kappa shape index (κ1) is 17.0. The van der Waals surface area contributed by atoms with Crippen molar-refractivity contribution in [2.24, 2.45) is 0 Å². The Labute approximate surface area is 153 Å². The van der Waals surface area contributed by atoms with Crippen molar-refractivity contribution in [1.82, 2.24) is 20.2 Å². The van der Waals surface area contributed by atoms with Gasteiger partial charge in [0.1, 0.15) is 0 Å². The summed E-state index contributed by atoms with van der Waals surface area (Å²) in [7, 11) is 0. The van der Waals surface area contributed by atoms with Crippen molar-refractivity contribution in [1.29, 1.82) is 0 Å². The molecule has 3 rings (SSSR count). The Bertz CT molecular complexity index is 854. The minimum atomic E-state index is -0.0622. The molecule has 122 valence electrons. The number of carbonyl (C=O) groups excluding carboxylic acids is 1. The minimum Gasteiger partial charge on any atom is -0.293 e. The SMILES string of the molecule is O=C(CSc1nnnn1Cc1ccccc1)c1ccc(Cl)c(Cl)c1. The molecule has 0 atom stereocenters. The lowest BCUT2D eigenvalue weighted by atomic mass is 10.1. The van der Waals surface area contributed by atoms with Gasteiger partial charge in [0.05, 0.1) is 22.3 Å². The monoisotopic (exact) mass is 378 g/mol. The number of aromatic nitrogens is 4. The molecule has 0 spiro atoms. The van der Waals surface area contributed by atoms with Crippen LogP contribution in [0, 0.1) is 0 Å². The highest BCUT2D eigenvalue weighted by molar-refractivity contribution is 7.99. The third-order valence-electron chi connectivity index (χ3n) is 3.25. The van der Waals surface area contributed by atoms with Crippen LogP contribution in [-0.4, -0.2) is 31.7 Å². The molecule has 8 heteroatoms. The van der Waals surface area contributed by atoms with E-state index in [1.165, 1.54) is 11.8 Å². The van der Waals surface area contributed by atoms with Crippen LogP contribution in [0.2, 0.25) is 10.0 Å². The first-order chi connectivity index (χ1) is 11.6. The van der Waals surface area contributed by atoms with Crippen molar-refractivity contribution < 1.29 is 4.79 Å². The Morgan fingerprint density at radius 3 is 2.62 bits per heavy atom. The molecule has 0 bridgehead atoms. The number of Topliss-reactive ketones (excluding diaryl/α,β-unsaturated/α-hetero) is 1. The number of hydrogen-bond acceptors (Lipinski definition) is 5. The zero-order valence-electron chi connectivity index (χ0n) is 12.4. The van der Waals surface area contributed by atoms with Crippen molar-refractivity contribution >= 4 is 40.7 Å². The standard InChI is InChI=1S/C16H12Cl2N4OS/c17-13-7-6-12(8-14(13)18)15(23)10-24-16-19-20-21-22(16)9-11-4-2-1-3-5-11/h1-8H,9-10H2. The van der Waals surface area contributed by atoms with Crippen LogP contribution in [0.1, 0.15) is 15.9 Å². The average molecular weight is 379 g/mol. The first-order valence-corrected chi connectivity index (χ1v) is 8.79. The predicted molar refractivity (Wildman–Crippen MR) is 94.9 cm³/mol. The molecule has 0 N–H and O–H groups in total. The Balaban J connectivity index is 1.66. The van der Waals surface area contributed by atoms with Crippen molar-refractivity contribution in [2.75, 3.05) is 5.75 Å². The van der Waals surface area contributed by atoms with Gasteiger partial charge in [-0.15, -0.1) is 5.10 Å². The smallest absolute Gasteiger partial charge is 0.210 e. The lowest BCUT2D eigenvalue weighted by Crippen LogP contribution is -2.07. The fraction of sp³-hybridized carbons (Fsp3) is 0.125. The molecule has 0 unspecified atom stereocenters. The van der Waals surface area contributed by atoms with Crippen LogP contribution in [0.3, 0.4) is 0 Å². The van der Waals surface area contributed by atoms with Gasteiger partial charge in [-0.2, -0.15) is 0 Å². The summed E-state index contributed by atoms with van der Waals surface area (Å²) in [5.74, 6) is 0.153. The first-order valence-electron chi connectivity index (χ1n) is 7.04. The van der Waals surface area contributed by atoms with Gasteiger partial charge in [-0.1, -0.05) is 65.3 Å². The van der Waals surface area contributed by atoms with E-state index in [0.29, 0.717) is 27.3 Å². The second kappa shape index (κ2) is 7.79. The summed E-state index contributed by atoms with van der Waals surface area (Å²) in [4.78, 5) is 12.3. The van der Waals surface area contributed by atoms with E-state index in [1.54, 1.807) is 22.9 Å². The fourth-order valence-electron chi connectivity index (χ4n) is 2.04. The van der Waals surface area contributed by atoms with Gasteiger partial charge in [-0.25, -0.2) is 4.68 Å². The molecule has 0 aliphatic heterocycles. The number of halogens is 2. The summed E-state index contributed by atoms with van der Waals surface area (Å²) in [5.41, 5.74) is 1.60. The maximum Gasteiger partial charge on any atom is 0.210 e. The normalized spacial score (nSPS) is 10.8. The molecule has 2 aromatic carbocycles. The number of carbonyl (C=O) groups is 1. The number of benzene rings is 2. The molecule has 0 saturated heterocycles. The zero-order valence-corrected chi connectivity index (χ0v) is 14.7. The van der Waals surface area contributed by atoms with Crippen molar-refractivity contribution in [3.63, 3.8) is 0 Å². The van der Waals surface area contributed by atoms with Gasteiger partial charge in [0.2, 0.25) is 5.16 Å². The van der Waals surface area contributed by atoms with Crippen LogP contribution in [0.25, 0.3) is 0 Å². The third kappa shape index (κ3) is 4.14. The Hall–Kier alpha value is -1.89. The molecule has 0 aliphatic rings. The predicted octanol–water partition coefficient (Wildman–Crippen LogP) is 4.00. The maximum absolute atomic E-state index is 12.3. The molecule has 0 amide bonds. The van der Waals surface area contributed by atoms with Gasteiger partial charge < -0.3 is 0 Å². The van der Waals surface area contributed by atoms with Gasteiger partial charge in [-0.05, 0) is 34.2 Å². The lowest BCUT2D eigenvalue weighted by molar-refractivity contribution is 0.102. The minimum absolute atomic E-state index is 0.0622. The summed E-state index contributed by atoms with van der Waals surface area (Å²) in [5, 5.41) is 13.0. The molecular formula is C16H12Cl2N4OS. The molecule has 0 saturated carbocycles. The van der Waals surface area contributed by atoms with Crippen LogP contribution in [-0.2, 0) is 6.54 Å². The van der Waals surface area contributed by atoms with Crippen LogP contribution in [0.15, 0.2) is 53.7 Å². The van der Waals surface area contributed by atoms with Crippen molar-refractivity contribution in [3.8, 4) is 0 Å². The van der Waals surface area contributed by atoms with Crippen molar-refractivity contribution in [3.05, 3.63) is 69.7 Å². The van der Waals surface area contributed by atoms with Gasteiger partial charge in [0, 0.05) is 5.56 Å². The molecule has 3 aromatic rings. The Morgan fingerprint density at radius 1 is 1.08 bits per heavy atom. The molecule has 24 heavy (non-hydrogen) atoms. The maximum atomic E-state index is 12.3. The highest BCUT2D eigenvalue weighted by Crippen LogP contribution is 2.24. The molecule has 0 radical (unpaired) electrons. The summed E-state index contributed by atoms with van der Waals surface area (Å²) in [6, 6.07) is 14.7. The van der Waals surface area contributed by atoms with Gasteiger partial charge in [-0.3, -0.25) is 4.79 Å². The second-order valence-electron chi connectivity index (χ2n) is 4.95. The van der Waals surface area contributed by atoms with E-state index in [2.05, 4.69) is 15.5 Å². The molecule has 0 aliphatic carbocycles. The van der Waals surface area contributed by atoms with Crippen LogP contribution in [0.4, 0.5) is 0 Å². The molecule has 0 fully saturated rings. The number of nitrogens with zero attached hydrogens (tertiary/aromatic N) is 4. The summed E-state index contributed by atoms with van der Waals surface area (Å²) in [6.45, 7) is 0.553. The molecule has 1 aromatic heterocycles. The van der Waals surface area contributed by atoms with E-state index in [-0.39, 0.29) is 11.5 Å². The van der Waals surface area contributed by atoms with E-state index in [0.717, 1.165) is 5.56 Å².